The van der Waals surface area contributed by atoms with Crippen LogP contribution in [0, 0.1) is 6.92 Å². The van der Waals surface area contributed by atoms with Crippen molar-refractivity contribution in [1.29, 1.82) is 0 Å². The van der Waals surface area contributed by atoms with Gasteiger partial charge < -0.3 is 15.2 Å². The van der Waals surface area contributed by atoms with E-state index in [0.717, 1.165) is 10.0 Å². The number of thiocarbonyl (C=S) groups is 1. The highest BCUT2D eigenvalue weighted by Crippen LogP contribution is 2.27. The van der Waals surface area contributed by atoms with Gasteiger partial charge >= 0.3 is 5.97 Å². The van der Waals surface area contributed by atoms with Crippen LogP contribution in [-0.4, -0.2) is 29.2 Å². The summed E-state index contributed by atoms with van der Waals surface area (Å²) in [5.41, 5.74) is 2.49. The summed E-state index contributed by atoms with van der Waals surface area (Å²) in [7, 11) is 1.50. The first-order valence-electron chi connectivity index (χ1n) is 7.57. The third-order valence-corrected chi connectivity index (χ3v) is 4.14. The Morgan fingerprint density at radius 3 is 2.46 bits per heavy atom. The van der Waals surface area contributed by atoms with E-state index in [2.05, 4.69) is 26.6 Å². The molecule has 0 fully saturated rings. The number of anilines is 1. The number of carboxylic acids is 1. The molecule has 0 aliphatic rings. The number of rotatable bonds is 5. The van der Waals surface area contributed by atoms with Gasteiger partial charge in [0.05, 0.1) is 19.1 Å². The molecule has 0 aromatic heterocycles. The van der Waals surface area contributed by atoms with Crippen LogP contribution in [0.2, 0.25) is 0 Å². The van der Waals surface area contributed by atoms with Gasteiger partial charge in [0.1, 0.15) is 5.75 Å². The Morgan fingerprint density at radius 1 is 1.23 bits per heavy atom. The second kappa shape index (κ2) is 8.77. The zero-order valence-electron chi connectivity index (χ0n) is 14.1. The second-order valence-corrected chi connectivity index (χ2v) is 6.80. The number of carbonyl (C=O) groups excluding carboxylic acids is 1. The van der Waals surface area contributed by atoms with Crippen LogP contribution in [0.4, 0.5) is 5.69 Å². The SMILES string of the molecule is COc1c(C)cc(Br)cc1C(=O)NC(=S)Nc1ccc(CC(=O)O)cc1. The third kappa shape index (κ3) is 5.27. The molecular weight excluding hydrogens is 420 g/mol. The Bertz CT molecular complexity index is 853. The average Bonchev–Trinajstić information content (AvgIpc) is 2.55. The number of halogens is 1. The summed E-state index contributed by atoms with van der Waals surface area (Å²) in [6.07, 6.45) is -0.0521. The number of aliphatic carboxylic acids is 1. The van der Waals surface area contributed by atoms with Crippen molar-refractivity contribution < 1.29 is 19.4 Å². The lowest BCUT2D eigenvalue weighted by Crippen LogP contribution is -2.34. The van der Waals surface area contributed by atoms with Gasteiger partial charge in [-0.15, -0.1) is 0 Å². The van der Waals surface area contributed by atoms with Crippen molar-refractivity contribution in [2.24, 2.45) is 0 Å². The zero-order chi connectivity index (χ0) is 19.3. The van der Waals surface area contributed by atoms with Crippen molar-refractivity contribution in [2.45, 2.75) is 13.3 Å². The fourth-order valence-corrected chi connectivity index (χ4v) is 3.17. The molecule has 136 valence electrons. The number of carbonyl (C=O) groups is 2. The number of carboxylic acid groups (broad SMARTS) is 1. The molecular formula is C18H17BrN2O4S. The topological polar surface area (TPSA) is 87.7 Å². The smallest absolute Gasteiger partial charge is 0.307 e. The van der Waals surface area contributed by atoms with Gasteiger partial charge in [-0.2, -0.15) is 0 Å². The summed E-state index contributed by atoms with van der Waals surface area (Å²) in [5.74, 6) is -0.815. The molecule has 0 saturated carbocycles. The number of hydrogen-bond donors (Lipinski definition) is 3. The fourth-order valence-electron chi connectivity index (χ4n) is 2.38. The zero-order valence-corrected chi connectivity index (χ0v) is 16.5. The number of ether oxygens (including phenoxy) is 1. The maximum Gasteiger partial charge on any atom is 0.307 e. The molecule has 3 N–H and O–H groups in total. The van der Waals surface area contributed by atoms with E-state index in [0.29, 0.717) is 22.6 Å². The molecule has 0 atom stereocenters. The monoisotopic (exact) mass is 436 g/mol. The van der Waals surface area contributed by atoms with Gasteiger partial charge in [-0.1, -0.05) is 28.1 Å². The molecule has 2 aromatic carbocycles. The number of amides is 1. The van der Waals surface area contributed by atoms with Crippen LogP contribution in [-0.2, 0) is 11.2 Å². The molecule has 2 rings (SSSR count). The molecule has 1 amide bonds. The van der Waals surface area contributed by atoms with Crippen LogP contribution in [0.3, 0.4) is 0 Å². The van der Waals surface area contributed by atoms with E-state index in [9.17, 15) is 9.59 Å². The van der Waals surface area contributed by atoms with Gasteiger partial charge in [-0.25, -0.2) is 0 Å². The van der Waals surface area contributed by atoms with Crippen LogP contribution in [0.1, 0.15) is 21.5 Å². The summed E-state index contributed by atoms with van der Waals surface area (Å²) in [5, 5.41) is 14.4. The van der Waals surface area contributed by atoms with Crippen molar-refractivity contribution in [1.82, 2.24) is 5.32 Å². The molecule has 0 bridgehead atoms. The molecule has 2 aromatic rings. The van der Waals surface area contributed by atoms with Crippen LogP contribution in [0.25, 0.3) is 0 Å². The normalized spacial score (nSPS) is 10.1. The molecule has 26 heavy (non-hydrogen) atoms. The second-order valence-electron chi connectivity index (χ2n) is 5.48. The number of benzene rings is 2. The minimum absolute atomic E-state index is 0.0521. The van der Waals surface area contributed by atoms with Crippen molar-refractivity contribution in [3.63, 3.8) is 0 Å². The minimum Gasteiger partial charge on any atom is -0.496 e. The number of methoxy groups -OCH3 is 1. The Balaban J connectivity index is 2.06. The quantitative estimate of drug-likeness (QED) is 0.621. The Morgan fingerprint density at radius 2 is 1.88 bits per heavy atom. The van der Waals surface area contributed by atoms with Gasteiger partial charge in [0.15, 0.2) is 5.11 Å². The highest BCUT2D eigenvalue weighted by molar-refractivity contribution is 9.10. The van der Waals surface area contributed by atoms with E-state index in [1.54, 1.807) is 30.3 Å². The molecule has 0 radical (unpaired) electrons. The van der Waals surface area contributed by atoms with E-state index < -0.39 is 11.9 Å². The van der Waals surface area contributed by atoms with Gasteiger partial charge in [0.25, 0.3) is 5.91 Å². The van der Waals surface area contributed by atoms with Crippen molar-refractivity contribution in [3.8, 4) is 5.75 Å². The molecule has 8 heteroatoms. The fraction of sp³-hybridized carbons (Fsp3) is 0.167. The lowest BCUT2D eigenvalue weighted by Gasteiger charge is -2.14. The van der Waals surface area contributed by atoms with E-state index in [-0.39, 0.29) is 11.5 Å². The first-order valence-corrected chi connectivity index (χ1v) is 8.77. The van der Waals surface area contributed by atoms with Gasteiger partial charge in [-0.05, 0) is 54.5 Å². The largest absolute Gasteiger partial charge is 0.496 e. The average molecular weight is 437 g/mol. The highest BCUT2D eigenvalue weighted by Gasteiger charge is 2.16. The summed E-state index contributed by atoms with van der Waals surface area (Å²) in [6.45, 7) is 1.84. The first-order chi connectivity index (χ1) is 12.3. The summed E-state index contributed by atoms with van der Waals surface area (Å²) >= 11 is 8.53. The Labute approximate surface area is 164 Å². The molecule has 0 saturated heterocycles. The molecule has 0 unspecified atom stereocenters. The van der Waals surface area contributed by atoms with Crippen molar-refractivity contribution in [3.05, 3.63) is 57.6 Å². The molecule has 0 heterocycles. The number of hydrogen-bond acceptors (Lipinski definition) is 4. The molecule has 6 nitrogen and oxygen atoms in total. The summed E-state index contributed by atoms with van der Waals surface area (Å²) in [6, 6.07) is 10.3. The lowest BCUT2D eigenvalue weighted by molar-refractivity contribution is -0.136. The van der Waals surface area contributed by atoms with Crippen molar-refractivity contribution >= 4 is 50.8 Å². The van der Waals surface area contributed by atoms with Gasteiger partial charge in [0, 0.05) is 10.2 Å². The maximum atomic E-state index is 12.5. The van der Waals surface area contributed by atoms with Crippen LogP contribution >= 0.6 is 28.1 Å². The first kappa shape index (κ1) is 19.9. The summed E-state index contributed by atoms with van der Waals surface area (Å²) < 4.78 is 6.06. The van der Waals surface area contributed by atoms with Crippen LogP contribution in [0.15, 0.2) is 40.9 Å². The van der Waals surface area contributed by atoms with Gasteiger partial charge in [-0.3, -0.25) is 14.9 Å². The lowest BCUT2D eigenvalue weighted by atomic mass is 10.1. The molecule has 0 spiro atoms. The Kier molecular flexibility index (Phi) is 6.70. The van der Waals surface area contributed by atoms with E-state index in [1.165, 1.54) is 7.11 Å². The minimum atomic E-state index is -0.897. The number of aryl methyl sites for hydroxylation is 1. The Hall–Kier alpha value is -2.45. The van der Waals surface area contributed by atoms with E-state index >= 15 is 0 Å². The van der Waals surface area contributed by atoms with Crippen LogP contribution < -0.4 is 15.4 Å². The van der Waals surface area contributed by atoms with E-state index in [1.807, 2.05) is 13.0 Å². The van der Waals surface area contributed by atoms with Crippen molar-refractivity contribution in [2.75, 3.05) is 12.4 Å². The van der Waals surface area contributed by atoms with Gasteiger partial charge in [0.2, 0.25) is 0 Å². The standard InChI is InChI=1S/C18H17BrN2O4S/c1-10-7-12(19)9-14(16(10)25-2)17(24)21-18(26)20-13-5-3-11(4-6-13)8-15(22)23/h3-7,9H,8H2,1-2H3,(H,22,23)(H2,20,21,24,26). The highest BCUT2D eigenvalue weighted by atomic mass is 79.9. The third-order valence-electron chi connectivity index (χ3n) is 3.48. The van der Waals surface area contributed by atoms with E-state index in [4.69, 9.17) is 22.1 Å². The number of nitrogens with one attached hydrogen (secondary N) is 2. The predicted molar refractivity (Wildman–Crippen MR) is 107 cm³/mol. The molecule has 0 aliphatic carbocycles. The molecule has 0 aliphatic heterocycles. The summed E-state index contributed by atoms with van der Waals surface area (Å²) in [4.78, 5) is 23.2. The predicted octanol–water partition coefficient (Wildman–Crippen LogP) is 3.52. The van der Waals surface area contributed by atoms with Crippen LogP contribution in [0.5, 0.6) is 5.75 Å². The maximum absolute atomic E-state index is 12.5.